The third-order valence-corrected chi connectivity index (χ3v) is 3.82. The number of nitrogens with zero attached hydrogens (tertiary/aromatic N) is 2. The normalized spacial score (nSPS) is 21.8. The van der Waals surface area contributed by atoms with Crippen LogP contribution >= 0.6 is 11.6 Å². The maximum absolute atomic E-state index is 11.0. The Labute approximate surface area is 111 Å². The minimum Gasteiger partial charge on any atom is -0.361 e. The fourth-order valence-corrected chi connectivity index (χ4v) is 2.59. The van der Waals surface area contributed by atoms with E-state index < -0.39 is 4.92 Å². The maximum Gasteiger partial charge on any atom is 0.311 e. The molecular formula is C12H16ClN3O2. The zero-order chi connectivity index (χ0) is 13.3. The first-order valence-corrected chi connectivity index (χ1v) is 6.35. The van der Waals surface area contributed by atoms with Gasteiger partial charge in [0.15, 0.2) is 0 Å². The van der Waals surface area contributed by atoms with Crippen LogP contribution in [0, 0.1) is 15.5 Å². The lowest BCUT2D eigenvalue weighted by molar-refractivity contribution is -0.384. The Bertz CT molecular complexity index is 476. The van der Waals surface area contributed by atoms with Gasteiger partial charge in [-0.2, -0.15) is 0 Å². The summed E-state index contributed by atoms with van der Waals surface area (Å²) in [5.41, 5.74) is 0.0970. The van der Waals surface area contributed by atoms with Gasteiger partial charge in [0.1, 0.15) is 5.15 Å². The van der Waals surface area contributed by atoms with Gasteiger partial charge in [-0.1, -0.05) is 31.9 Å². The van der Waals surface area contributed by atoms with E-state index in [9.17, 15) is 10.1 Å². The van der Waals surface area contributed by atoms with Crippen molar-refractivity contribution < 1.29 is 4.92 Å². The van der Waals surface area contributed by atoms with Crippen molar-refractivity contribution in [3.63, 3.8) is 0 Å². The molecule has 18 heavy (non-hydrogen) atoms. The van der Waals surface area contributed by atoms with Gasteiger partial charge in [0.05, 0.1) is 4.92 Å². The molecule has 0 radical (unpaired) electrons. The van der Waals surface area contributed by atoms with Crippen LogP contribution in [0.15, 0.2) is 12.1 Å². The number of halogens is 1. The number of nitrogens with one attached hydrogen (secondary N) is 1. The summed E-state index contributed by atoms with van der Waals surface area (Å²) in [7, 11) is 0. The molecule has 2 rings (SSSR count). The van der Waals surface area contributed by atoms with Crippen molar-refractivity contribution in [3.8, 4) is 0 Å². The van der Waals surface area contributed by atoms with E-state index in [-0.39, 0.29) is 28.1 Å². The average molecular weight is 270 g/mol. The molecule has 0 aromatic carbocycles. The fourth-order valence-electron chi connectivity index (χ4n) is 2.44. The van der Waals surface area contributed by atoms with Crippen LogP contribution < -0.4 is 5.32 Å². The molecule has 1 atom stereocenters. The van der Waals surface area contributed by atoms with Crippen molar-refractivity contribution in [3.05, 3.63) is 27.4 Å². The molecule has 0 bridgehead atoms. The van der Waals surface area contributed by atoms with Crippen LogP contribution in [0.3, 0.4) is 0 Å². The molecule has 0 amide bonds. The summed E-state index contributed by atoms with van der Waals surface area (Å²) in [6.45, 7) is 4.32. The summed E-state index contributed by atoms with van der Waals surface area (Å²) in [5, 5.41) is 14.4. The Hall–Kier alpha value is -1.36. The molecule has 1 unspecified atom stereocenters. The van der Waals surface area contributed by atoms with Gasteiger partial charge in [0.2, 0.25) is 5.82 Å². The van der Waals surface area contributed by atoms with Crippen LogP contribution in [0.4, 0.5) is 11.5 Å². The molecule has 1 aliphatic carbocycles. The van der Waals surface area contributed by atoms with Gasteiger partial charge in [-0.3, -0.25) is 10.1 Å². The number of anilines is 1. The highest BCUT2D eigenvalue weighted by molar-refractivity contribution is 6.29. The van der Waals surface area contributed by atoms with Crippen LogP contribution in [0.25, 0.3) is 0 Å². The lowest BCUT2D eigenvalue weighted by Gasteiger charge is -2.28. The lowest BCUT2D eigenvalue weighted by Crippen LogP contribution is -2.31. The summed E-state index contributed by atoms with van der Waals surface area (Å²) in [5.74, 6) is 0.271. The third-order valence-electron chi connectivity index (χ3n) is 3.60. The van der Waals surface area contributed by atoms with Crippen molar-refractivity contribution in [1.82, 2.24) is 4.98 Å². The fraction of sp³-hybridized carbons (Fsp3) is 0.583. The molecule has 98 valence electrons. The summed E-state index contributed by atoms with van der Waals surface area (Å²) < 4.78 is 0. The molecule has 0 aliphatic heterocycles. The van der Waals surface area contributed by atoms with E-state index in [2.05, 4.69) is 24.1 Å². The Morgan fingerprint density at radius 1 is 1.56 bits per heavy atom. The summed E-state index contributed by atoms with van der Waals surface area (Å²) in [4.78, 5) is 14.5. The predicted octanol–water partition coefficient (Wildman–Crippen LogP) is 3.63. The van der Waals surface area contributed by atoms with E-state index in [1.807, 2.05) is 0 Å². The van der Waals surface area contributed by atoms with E-state index in [1.54, 1.807) is 0 Å². The van der Waals surface area contributed by atoms with Gasteiger partial charge < -0.3 is 5.32 Å². The minimum absolute atomic E-state index is 0.0258. The van der Waals surface area contributed by atoms with E-state index in [4.69, 9.17) is 11.6 Å². The standard InChI is InChI=1S/C12H16ClN3O2/c1-12(2)7-3-4-9(12)14-11-8(16(17)18)5-6-10(13)15-11/h5-6,9H,3-4,7H2,1-2H3,(H,14,15). The second kappa shape index (κ2) is 4.72. The van der Waals surface area contributed by atoms with Crippen molar-refractivity contribution in [2.45, 2.75) is 39.2 Å². The van der Waals surface area contributed by atoms with Gasteiger partial charge in [-0.05, 0) is 24.3 Å². The molecule has 1 aromatic rings. The Balaban J connectivity index is 2.28. The number of rotatable bonds is 3. The van der Waals surface area contributed by atoms with E-state index >= 15 is 0 Å². The largest absolute Gasteiger partial charge is 0.361 e. The first-order chi connectivity index (χ1) is 8.40. The second-order valence-electron chi connectivity index (χ2n) is 5.34. The first kappa shape index (κ1) is 13.1. The molecule has 1 saturated carbocycles. The van der Waals surface area contributed by atoms with Crippen LogP contribution in [0.1, 0.15) is 33.1 Å². The van der Waals surface area contributed by atoms with Gasteiger partial charge in [-0.25, -0.2) is 4.98 Å². The van der Waals surface area contributed by atoms with E-state index in [0.29, 0.717) is 0 Å². The van der Waals surface area contributed by atoms with Crippen LogP contribution in [-0.4, -0.2) is 15.9 Å². The van der Waals surface area contributed by atoms with Gasteiger partial charge in [-0.15, -0.1) is 0 Å². The predicted molar refractivity (Wildman–Crippen MR) is 70.9 cm³/mol. The second-order valence-corrected chi connectivity index (χ2v) is 5.72. The number of aromatic nitrogens is 1. The number of hydrogen-bond donors (Lipinski definition) is 1. The summed E-state index contributed by atoms with van der Waals surface area (Å²) in [6.07, 6.45) is 3.23. The number of nitro groups is 1. The molecule has 0 spiro atoms. The SMILES string of the molecule is CC1(C)CCCC1Nc1nc(Cl)ccc1[N+](=O)[O-]. The highest BCUT2D eigenvalue weighted by Gasteiger charge is 2.35. The summed E-state index contributed by atoms with van der Waals surface area (Å²) in [6, 6.07) is 3.02. The quantitative estimate of drug-likeness (QED) is 0.517. The monoisotopic (exact) mass is 269 g/mol. The molecule has 0 saturated heterocycles. The van der Waals surface area contributed by atoms with Crippen LogP contribution in [0.5, 0.6) is 0 Å². The zero-order valence-corrected chi connectivity index (χ0v) is 11.2. The average Bonchev–Trinajstić information content (AvgIpc) is 2.58. The first-order valence-electron chi connectivity index (χ1n) is 5.97. The highest BCUT2D eigenvalue weighted by Crippen LogP contribution is 2.40. The van der Waals surface area contributed by atoms with Gasteiger partial charge >= 0.3 is 5.69 Å². The van der Waals surface area contributed by atoms with Crippen LogP contribution in [-0.2, 0) is 0 Å². The smallest absolute Gasteiger partial charge is 0.311 e. The molecule has 1 fully saturated rings. The Kier molecular flexibility index (Phi) is 3.43. The van der Waals surface area contributed by atoms with Gasteiger partial charge in [0, 0.05) is 12.1 Å². The third kappa shape index (κ3) is 2.56. The molecule has 1 aromatic heterocycles. The molecule has 6 heteroatoms. The zero-order valence-electron chi connectivity index (χ0n) is 10.4. The van der Waals surface area contributed by atoms with Crippen molar-refractivity contribution >= 4 is 23.1 Å². The van der Waals surface area contributed by atoms with Crippen LogP contribution in [0.2, 0.25) is 5.15 Å². The highest BCUT2D eigenvalue weighted by atomic mass is 35.5. The lowest BCUT2D eigenvalue weighted by atomic mass is 9.87. The summed E-state index contributed by atoms with van der Waals surface area (Å²) >= 11 is 5.80. The van der Waals surface area contributed by atoms with Crippen molar-refractivity contribution in [1.29, 1.82) is 0 Å². The molecule has 1 heterocycles. The van der Waals surface area contributed by atoms with Gasteiger partial charge in [0.25, 0.3) is 0 Å². The number of pyridine rings is 1. The maximum atomic E-state index is 11.0. The molecule has 5 nitrogen and oxygen atoms in total. The van der Waals surface area contributed by atoms with Crippen molar-refractivity contribution in [2.75, 3.05) is 5.32 Å². The molecule has 1 aliphatic rings. The molecular weight excluding hydrogens is 254 g/mol. The Morgan fingerprint density at radius 2 is 2.28 bits per heavy atom. The minimum atomic E-state index is -0.437. The number of hydrogen-bond acceptors (Lipinski definition) is 4. The Morgan fingerprint density at radius 3 is 2.83 bits per heavy atom. The molecule has 1 N–H and O–H groups in total. The van der Waals surface area contributed by atoms with Crippen molar-refractivity contribution in [2.24, 2.45) is 5.41 Å². The topological polar surface area (TPSA) is 68.1 Å². The van der Waals surface area contributed by atoms with E-state index in [1.165, 1.54) is 12.1 Å². The van der Waals surface area contributed by atoms with E-state index in [0.717, 1.165) is 19.3 Å².